The monoisotopic (exact) mass is 374 g/mol. The van der Waals surface area contributed by atoms with Gasteiger partial charge in [-0.2, -0.15) is 0 Å². The van der Waals surface area contributed by atoms with E-state index in [2.05, 4.69) is 10.2 Å². The van der Waals surface area contributed by atoms with Crippen LogP contribution >= 0.6 is 11.8 Å². The lowest BCUT2D eigenvalue weighted by atomic mass is 10.1. The number of imide groups is 1. The number of nitrogens with one attached hydrogen (secondary N) is 1. The van der Waals surface area contributed by atoms with Crippen molar-refractivity contribution in [2.75, 3.05) is 18.9 Å². The van der Waals surface area contributed by atoms with Crippen molar-refractivity contribution in [3.8, 4) is 0 Å². The van der Waals surface area contributed by atoms with Crippen molar-refractivity contribution in [2.45, 2.75) is 30.6 Å². The molecule has 0 saturated carbocycles. The molecule has 136 valence electrons. The van der Waals surface area contributed by atoms with Gasteiger partial charge < -0.3 is 4.74 Å². The fourth-order valence-electron chi connectivity index (χ4n) is 3.24. The smallest absolute Gasteiger partial charge is 0.344 e. The second-order valence-corrected chi connectivity index (χ2v) is 7.28. The Kier molecular flexibility index (Phi) is 4.64. The highest BCUT2D eigenvalue weighted by atomic mass is 32.2. The van der Waals surface area contributed by atoms with Gasteiger partial charge in [0.05, 0.1) is 23.8 Å². The number of fused-ring (bicyclic) bond motifs is 1. The number of ether oxygens (including phenoxy) is 1. The maximum Gasteiger partial charge on any atom is 0.344 e. The first-order valence-corrected chi connectivity index (χ1v) is 9.48. The lowest BCUT2D eigenvalue weighted by molar-refractivity contribution is 0.0664. The molecule has 2 aliphatic rings. The normalized spacial score (nSPS) is 19.4. The predicted octanol–water partition coefficient (Wildman–Crippen LogP) is 1.14. The van der Waals surface area contributed by atoms with Gasteiger partial charge in [-0.1, -0.05) is 23.9 Å². The highest BCUT2D eigenvalue weighted by Crippen LogP contribution is 2.24. The molecule has 1 atom stereocenters. The van der Waals surface area contributed by atoms with Gasteiger partial charge in [-0.25, -0.2) is 9.89 Å². The Balaban J connectivity index is 1.39. The number of hydrogen-bond donors (Lipinski definition) is 1. The van der Waals surface area contributed by atoms with Crippen LogP contribution in [0.1, 0.15) is 33.6 Å². The Morgan fingerprint density at radius 3 is 2.58 bits per heavy atom. The molecule has 2 amide bonds. The summed E-state index contributed by atoms with van der Waals surface area (Å²) in [4.78, 5) is 37.9. The molecular weight excluding hydrogens is 356 g/mol. The van der Waals surface area contributed by atoms with E-state index in [4.69, 9.17) is 4.74 Å². The van der Waals surface area contributed by atoms with Crippen LogP contribution in [0, 0.1) is 0 Å². The van der Waals surface area contributed by atoms with Crippen LogP contribution < -0.4 is 5.69 Å². The molecule has 1 saturated heterocycles. The van der Waals surface area contributed by atoms with Crippen molar-refractivity contribution in [3.05, 3.63) is 45.9 Å². The van der Waals surface area contributed by atoms with Gasteiger partial charge in [-0.15, -0.1) is 5.10 Å². The van der Waals surface area contributed by atoms with E-state index in [1.807, 2.05) is 0 Å². The highest BCUT2D eigenvalue weighted by molar-refractivity contribution is 7.99. The zero-order chi connectivity index (χ0) is 18.1. The molecule has 1 N–H and O–H groups in total. The minimum absolute atomic E-state index is 0.0286. The van der Waals surface area contributed by atoms with Crippen molar-refractivity contribution in [1.29, 1.82) is 0 Å². The Morgan fingerprint density at radius 1 is 1.19 bits per heavy atom. The van der Waals surface area contributed by atoms with Gasteiger partial charge in [0, 0.05) is 18.9 Å². The molecule has 4 rings (SSSR count). The summed E-state index contributed by atoms with van der Waals surface area (Å²) < 4.78 is 7.14. The van der Waals surface area contributed by atoms with Crippen molar-refractivity contribution >= 4 is 23.6 Å². The number of H-pyrrole nitrogens is 1. The van der Waals surface area contributed by atoms with E-state index in [-0.39, 0.29) is 30.2 Å². The first-order chi connectivity index (χ1) is 12.6. The second kappa shape index (κ2) is 7.08. The molecule has 1 aromatic carbocycles. The first kappa shape index (κ1) is 17.0. The van der Waals surface area contributed by atoms with Gasteiger partial charge in [-0.05, 0) is 25.0 Å². The lowest BCUT2D eigenvalue weighted by Crippen LogP contribution is -2.32. The van der Waals surface area contributed by atoms with Crippen LogP contribution in [0.4, 0.5) is 0 Å². The Hall–Kier alpha value is -2.39. The molecule has 2 aliphatic heterocycles. The number of thioether (sulfide) groups is 1. The molecule has 1 aromatic heterocycles. The summed E-state index contributed by atoms with van der Waals surface area (Å²) in [6, 6.07) is 6.82. The summed E-state index contributed by atoms with van der Waals surface area (Å²) in [6.45, 7) is 1.45. The predicted molar refractivity (Wildman–Crippen MR) is 94.4 cm³/mol. The second-order valence-electron chi connectivity index (χ2n) is 6.21. The van der Waals surface area contributed by atoms with Gasteiger partial charge >= 0.3 is 5.69 Å². The molecule has 0 radical (unpaired) electrons. The molecule has 8 nitrogen and oxygen atoms in total. The summed E-state index contributed by atoms with van der Waals surface area (Å²) in [5, 5.41) is 7.04. The Labute approximate surface area is 153 Å². The van der Waals surface area contributed by atoms with E-state index in [0.29, 0.717) is 28.6 Å². The minimum Gasteiger partial charge on any atom is -0.376 e. The quantitative estimate of drug-likeness (QED) is 0.602. The lowest BCUT2D eigenvalue weighted by Gasteiger charge is -2.14. The van der Waals surface area contributed by atoms with Gasteiger partial charge in [0.1, 0.15) is 0 Å². The zero-order valence-electron chi connectivity index (χ0n) is 14.0. The number of aromatic amines is 1. The third-order valence-corrected chi connectivity index (χ3v) is 5.51. The fraction of sp³-hybridized carbons (Fsp3) is 0.412. The number of hydrogen-bond acceptors (Lipinski definition) is 6. The first-order valence-electron chi connectivity index (χ1n) is 8.50. The number of amides is 2. The van der Waals surface area contributed by atoms with Crippen LogP contribution in [-0.4, -0.2) is 56.5 Å². The molecule has 2 aromatic rings. The molecule has 3 heterocycles. The van der Waals surface area contributed by atoms with Gasteiger partial charge in [0.15, 0.2) is 5.16 Å². The highest BCUT2D eigenvalue weighted by Gasteiger charge is 2.34. The van der Waals surface area contributed by atoms with E-state index in [0.717, 1.165) is 19.4 Å². The summed E-state index contributed by atoms with van der Waals surface area (Å²) in [6.07, 6.45) is 1.96. The third kappa shape index (κ3) is 3.08. The number of rotatable bonds is 6. The fourth-order valence-corrected chi connectivity index (χ4v) is 4.12. The summed E-state index contributed by atoms with van der Waals surface area (Å²) in [7, 11) is 0. The average Bonchev–Trinajstić information content (AvgIpc) is 3.34. The zero-order valence-corrected chi connectivity index (χ0v) is 14.8. The SMILES string of the molecule is O=C1c2ccccc2C(=O)N1CCSc1n[nH]c(=O)n1C[C@@H]1CCCO1. The molecule has 9 heteroatoms. The maximum absolute atomic E-state index is 12.4. The van der Waals surface area contributed by atoms with E-state index >= 15 is 0 Å². The van der Waals surface area contributed by atoms with Crippen LogP contribution in [0.2, 0.25) is 0 Å². The number of carbonyl (C=O) groups is 2. The molecule has 0 aliphatic carbocycles. The van der Waals surface area contributed by atoms with Crippen LogP contribution in [0.5, 0.6) is 0 Å². The Bertz CT molecular complexity index is 865. The van der Waals surface area contributed by atoms with Gasteiger partial charge in [-0.3, -0.25) is 19.1 Å². The molecule has 1 fully saturated rings. The maximum atomic E-state index is 12.4. The standard InChI is InChI=1S/C17H18N4O4S/c22-14-12-5-1-2-6-13(12)15(23)20(14)7-9-26-17-19-18-16(24)21(17)10-11-4-3-8-25-11/h1-2,5-6,11H,3-4,7-10H2,(H,18,24)/t11-/m0/s1. The van der Waals surface area contributed by atoms with Crippen molar-refractivity contribution in [2.24, 2.45) is 0 Å². The van der Waals surface area contributed by atoms with Crippen LogP contribution in [-0.2, 0) is 11.3 Å². The number of carbonyl (C=O) groups excluding carboxylic acids is 2. The van der Waals surface area contributed by atoms with E-state index in [1.54, 1.807) is 28.8 Å². The molecule has 0 bridgehead atoms. The number of aromatic nitrogens is 3. The third-order valence-electron chi connectivity index (χ3n) is 4.56. The topological polar surface area (TPSA) is 97.3 Å². The van der Waals surface area contributed by atoms with Crippen LogP contribution in [0.3, 0.4) is 0 Å². The Morgan fingerprint density at radius 2 is 1.92 bits per heavy atom. The summed E-state index contributed by atoms with van der Waals surface area (Å²) >= 11 is 1.34. The van der Waals surface area contributed by atoms with Gasteiger partial charge in [0.2, 0.25) is 0 Å². The van der Waals surface area contributed by atoms with Gasteiger partial charge in [0.25, 0.3) is 11.8 Å². The molecule has 0 spiro atoms. The van der Waals surface area contributed by atoms with Crippen molar-refractivity contribution < 1.29 is 14.3 Å². The van der Waals surface area contributed by atoms with Crippen molar-refractivity contribution in [1.82, 2.24) is 19.7 Å². The largest absolute Gasteiger partial charge is 0.376 e. The van der Waals surface area contributed by atoms with E-state index in [9.17, 15) is 14.4 Å². The molecular formula is C17H18N4O4S. The molecule has 26 heavy (non-hydrogen) atoms. The van der Waals surface area contributed by atoms with Crippen LogP contribution in [0.25, 0.3) is 0 Å². The minimum atomic E-state index is -0.274. The van der Waals surface area contributed by atoms with Crippen molar-refractivity contribution in [3.63, 3.8) is 0 Å². The van der Waals surface area contributed by atoms with E-state index < -0.39 is 0 Å². The summed E-state index contributed by atoms with van der Waals surface area (Å²) in [5.74, 6) is -0.0867. The number of nitrogens with zero attached hydrogens (tertiary/aromatic N) is 3. The van der Waals surface area contributed by atoms with E-state index in [1.165, 1.54) is 16.7 Å². The number of benzene rings is 1. The summed E-state index contributed by atoms with van der Waals surface area (Å²) in [5.41, 5.74) is 0.610. The molecule has 0 unspecified atom stereocenters. The van der Waals surface area contributed by atoms with Crippen LogP contribution in [0.15, 0.2) is 34.2 Å². The average molecular weight is 374 g/mol.